The summed E-state index contributed by atoms with van der Waals surface area (Å²) in [7, 11) is 2.11. The number of rotatable bonds is 1. The first kappa shape index (κ1) is 8.70. The van der Waals surface area contributed by atoms with Crippen LogP contribution in [-0.4, -0.2) is 48.2 Å². The van der Waals surface area contributed by atoms with E-state index in [0.717, 1.165) is 26.2 Å². The van der Waals surface area contributed by atoms with E-state index in [1.54, 1.807) is 0 Å². The molecule has 0 aliphatic carbocycles. The molecule has 0 aromatic heterocycles. The van der Waals surface area contributed by atoms with Gasteiger partial charge in [-0.2, -0.15) is 0 Å². The third-order valence-electron chi connectivity index (χ3n) is 1.77. The molecule has 0 radical (unpaired) electrons. The molecule has 1 fully saturated rings. The van der Waals surface area contributed by atoms with E-state index >= 15 is 0 Å². The molecule has 0 bridgehead atoms. The zero-order valence-electron chi connectivity index (χ0n) is 6.71. The van der Waals surface area contributed by atoms with E-state index in [0.29, 0.717) is 5.11 Å². The van der Waals surface area contributed by atoms with Crippen LogP contribution >= 0.6 is 12.2 Å². The fourth-order valence-corrected chi connectivity index (χ4v) is 1.20. The molecule has 1 heterocycles. The Morgan fingerprint density at radius 3 is 2.36 bits per heavy atom. The molecule has 0 unspecified atom stereocenters. The Morgan fingerprint density at radius 2 is 1.91 bits per heavy atom. The maximum absolute atomic E-state index is 5.32. The topological polar surface area (TPSA) is 44.5 Å². The van der Waals surface area contributed by atoms with Crippen molar-refractivity contribution < 1.29 is 0 Å². The van der Waals surface area contributed by atoms with Crippen LogP contribution in [0.15, 0.2) is 0 Å². The molecular formula is C6H14N4S. The second-order valence-electron chi connectivity index (χ2n) is 2.77. The molecule has 1 rings (SSSR count). The van der Waals surface area contributed by atoms with Gasteiger partial charge in [0.15, 0.2) is 5.11 Å². The van der Waals surface area contributed by atoms with Gasteiger partial charge in [0.2, 0.25) is 0 Å². The van der Waals surface area contributed by atoms with Crippen LogP contribution in [0.5, 0.6) is 0 Å². The van der Waals surface area contributed by atoms with Crippen molar-refractivity contribution in [2.24, 2.45) is 5.73 Å². The van der Waals surface area contributed by atoms with Gasteiger partial charge in [0.1, 0.15) is 0 Å². The lowest BCUT2D eigenvalue weighted by atomic mass is 10.4. The Balaban J connectivity index is 2.22. The van der Waals surface area contributed by atoms with Crippen molar-refractivity contribution in [1.29, 1.82) is 0 Å². The van der Waals surface area contributed by atoms with Crippen molar-refractivity contribution in [3.05, 3.63) is 0 Å². The molecule has 1 saturated heterocycles. The van der Waals surface area contributed by atoms with Crippen LogP contribution in [0.4, 0.5) is 0 Å². The molecule has 1 aliphatic rings. The Morgan fingerprint density at radius 1 is 1.36 bits per heavy atom. The summed E-state index contributed by atoms with van der Waals surface area (Å²) in [5.74, 6) is 0. The fraction of sp³-hybridized carbons (Fsp3) is 0.833. The summed E-state index contributed by atoms with van der Waals surface area (Å²) in [6.07, 6.45) is 0. The van der Waals surface area contributed by atoms with E-state index in [1.807, 2.05) is 5.01 Å². The molecule has 0 saturated carbocycles. The molecule has 64 valence electrons. The molecular weight excluding hydrogens is 160 g/mol. The summed E-state index contributed by atoms with van der Waals surface area (Å²) >= 11 is 4.72. The molecule has 3 N–H and O–H groups in total. The minimum Gasteiger partial charge on any atom is -0.375 e. The highest BCUT2D eigenvalue weighted by Crippen LogP contribution is 1.94. The van der Waals surface area contributed by atoms with Crippen LogP contribution in [0.25, 0.3) is 0 Å². The van der Waals surface area contributed by atoms with Crippen molar-refractivity contribution in [3.63, 3.8) is 0 Å². The van der Waals surface area contributed by atoms with Crippen molar-refractivity contribution in [2.75, 3.05) is 33.2 Å². The quantitative estimate of drug-likeness (QED) is 0.498. The monoisotopic (exact) mass is 174 g/mol. The molecule has 0 atom stereocenters. The first-order valence-electron chi connectivity index (χ1n) is 3.68. The predicted molar refractivity (Wildman–Crippen MR) is 49.0 cm³/mol. The van der Waals surface area contributed by atoms with Crippen molar-refractivity contribution in [1.82, 2.24) is 15.3 Å². The Hall–Kier alpha value is -0.390. The highest BCUT2D eigenvalue weighted by molar-refractivity contribution is 7.80. The average Bonchev–Trinajstić information content (AvgIpc) is 1.93. The molecule has 5 heteroatoms. The van der Waals surface area contributed by atoms with Gasteiger partial charge in [0.25, 0.3) is 0 Å². The van der Waals surface area contributed by atoms with Gasteiger partial charge in [-0.15, -0.1) is 0 Å². The standard InChI is InChI=1S/C6H14N4S/c1-9-2-4-10(5-3-9)8-6(7)11/h2-5H2,1H3,(H3,7,8,11). The summed E-state index contributed by atoms with van der Waals surface area (Å²) in [5, 5.41) is 2.40. The van der Waals surface area contributed by atoms with Crippen LogP contribution in [-0.2, 0) is 0 Å². The average molecular weight is 174 g/mol. The normalized spacial score (nSPS) is 21.5. The number of nitrogens with two attached hydrogens (primary N) is 1. The van der Waals surface area contributed by atoms with Gasteiger partial charge in [-0.3, -0.25) is 5.43 Å². The number of thiocarbonyl (C=S) groups is 1. The number of nitrogens with one attached hydrogen (secondary N) is 1. The van der Waals surface area contributed by atoms with Crippen LogP contribution in [0.1, 0.15) is 0 Å². The smallest absolute Gasteiger partial charge is 0.178 e. The maximum atomic E-state index is 5.32. The van der Waals surface area contributed by atoms with Gasteiger partial charge in [-0.25, -0.2) is 5.01 Å². The lowest BCUT2D eigenvalue weighted by Crippen LogP contribution is -2.53. The zero-order valence-corrected chi connectivity index (χ0v) is 7.52. The molecule has 0 amide bonds. The fourth-order valence-electron chi connectivity index (χ4n) is 1.07. The maximum Gasteiger partial charge on any atom is 0.178 e. The number of hydrogen-bond acceptors (Lipinski definition) is 3. The Labute approximate surface area is 72.3 Å². The van der Waals surface area contributed by atoms with E-state index in [-0.39, 0.29) is 0 Å². The largest absolute Gasteiger partial charge is 0.375 e. The number of likely N-dealkylation sites (N-methyl/N-ethyl adjacent to an activating group) is 1. The molecule has 0 aromatic carbocycles. The minimum atomic E-state index is 0.356. The summed E-state index contributed by atoms with van der Waals surface area (Å²) in [6, 6.07) is 0. The first-order valence-corrected chi connectivity index (χ1v) is 4.09. The second-order valence-corrected chi connectivity index (χ2v) is 3.21. The van der Waals surface area contributed by atoms with E-state index in [2.05, 4.69) is 17.4 Å². The van der Waals surface area contributed by atoms with Crippen molar-refractivity contribution in [3.8, 4) is 0 Å². The predicted octanol–water partition coefficient (Wildman–Crippen LogP) is -1.02. The van der Waals surface area contributed by atoms with Crippen LogP contribution < -0.4 is 11.2 Å². The van der Waals surface area contributed by atoms with E-state index in [1.165, 1.54) is 0 Å². The minimum absolute atomic E-state index is 0.356. The second kappa shape index (κ2) is 3.85. The summed E-state index contributed by atoms with van der Waals surface area (Å²) in [6.45, 7) is 4.09. The van der Waals surface area contributed by atoms with Crippen molar-refractivity contribution in [2.45, 2.75) is 0 Å². The first-order chi connectivity index (χ1) is 5.18. The Kier molecular flexibility index (Phi) is 3.04. The summed E-state index contributed by atoms with van der Waals surface area (Å²) in [5.41, 5.74) is 8.24. The number of hydrogen-bond donors (Lipinski definition) is 2. The molecule has 4 nitrogen and oxygen atoms in total. The van der Waals surface area contributed by atoms with Crippen molar-refractivity contribution >= 4 is 17.3 Å². The lowest BCUT2D eigenvalue weighted by molar-refractivity contribution is 0.131. The molecule has 0 aromatic rings. The SMILES string of the molecule is CN1CCN(NC(N)=S)CC1. The van der Waals surface area contributed by atoms with Crippen LogP contribution in [0, 0.1) is 0 Å². The zero-order chi connectivity index (χ0) is 8.27. The molecule has 0 spiro atoms. The number of nitrogens with zero attached hydrogens (tertiary/aromatic N) is 2. The highest BCUT2D eigenvalue weighted by Gasteiger charge is 2.12. The lowest BCUT2D eigenvalue weighted by Gasteiger charge is -2.32. The molecule has 1 aliphatic heterocycles. The van der Waals surface area contributed by atoms with Gasteiger partial charge in [0, 0.05) is 26.2 Å². The van der Waals surface area contributed by atoms with Gasteiger partial charge in [0.05, 0.1) is 0 Å². The van der Waals surface area contributed by atoms with Gasteiger partial charge in [-0.1, -0.05) is 0 Å². The summed E-state index contributed by atoms with van der Waals surface area (Å²) in [4.78, 5) is 2.28. The van der Waals surface area contributed by atoms with Gasteiger partial charge in [-0.05, 0) is 19.3 Å². The molecule has 11 heavy (non-hydrogen) atoms. The van der Waals surface area contributed by atoms with Crippen LogP contribution in [0.3, 0.4) is 0 Å². The number of hydrazine groups is 1. The third kappa shape index (κ3) is 3.00. The number of piperazine rings is 1. The van der Waals surface area contributed by atoms with E-state index in [9.17, 15) is 0 Å². The highest BCUT2D eigenvalue weighted by atomic mass is 32.1. The van der Waals surface area contributed by atoms with E-state index < -0.39 is 0 Å². The van der Waals surface area contributed by atoms with Crippen LogP contribution in [0.2, 0.25) is 0 Å². The Bertz CT molecular complexity index is 142. The third-order valence-corrected chi connectivity index (χ3v) is 1.86. The van der Waals surface area contributed by atoms with Gasteiger partial charge < -0.3 is 10.6 Å². The summed E-state index contributed by atoms with van der Waals surface area (Å²) < 4.78 is 0. The van der Waals surface area contributed by atoms with E-state index in [4.69, 9.17) is 18.0 Å². The van der Waals surface area contributed by atoms with Gasteiger partial charge >= 0.3 is 0 Å².